The van der Waals surface area contributed by atoms with Gasteiger partial charge in [-0.15, -0.1) is 0 Å². The molecule has 1 heterocycles. The van der Waals surface area contributed by atoms with E-state index in [0.717, 1.165) is 18.0 Å². The second kappa shape index (κ2) is 7.54. The maximum absolute atomic E-state index is 8.81. The fourth-order valence-electron chi connectivity index (χ4n) is 2.97. The summed E-state index contributed by atoms with van der Waals surface area (Å²) in [4.78, 5) is 3.58. The summed E-state index contributed by atoms with van der Waals surface area (Å²) >= 11 is 1.61. The minimum absolute atomic E-state index is 0.699. The monoisotopic (exact) mass is 323 g/mol. The number of benzene rings is 2. The third-order valence-electron chi connectivity index (χ3n) is 4.19. The number of nitriles is 1. The molecular formula is C19H21N3S. The third kappa shape index (κ3) is 3.87. The van der Waals surface area contributed by atoms with Crippen molar-refractivity contribution in [3.05, 3.63) is 59.2 Å². The molecule has 2 aromatic rings. The van der Waals surface area contributed by atoms with E-state index in [9.17, 15) is 0 Å². The zero-order chi connectivity index (χ0) is 16.1. The van der Waals surface area contributed by atoms with Crippen molar-refractivity contribution in [3.63, 3.8) is 0 Å². The normalized spacial score (nSPS) is 13.5. The lowest BCUT2D eigenvalue weighted by atomic mass is 9.99. The van der Waals surface area contributed by atoms with Gasteiger partial charge >= 0.3 is 0 Å². The predicted molar refractivity (Wildman–Crippen MR) is 96.5 cm³/mol. The van der Waals surface area contributed by atoms with E-state index in [1.54, 1.807) is 11.9 Å². The lowest BCUT2D eigenvalue weighted by Crippen LogP contribution is -2.29. The molecule has 1 N–H and O–H groups in total. The maximum Gasteiger partial charge on any atom is 0.0991 e. The van der Waals surface area contributed by atoms with Crippen molar-refractivity contribution in [1.29, 1.82) is 5.26 Å². The number of rotatable bonds is 5. The van der Waals surface area contributed by atoms with E-state index in [0.29, 0.717) is 5.56 Å². The molecule has 1 aliphatic heterocycles. The third-order valence-corrected chi connectivity index (χ3v) is 4.99. The van der Waals surface area contributed by atoms with Gasteiger partial charge in [-0.2, -0.15) is 5.26 Å². The van der Waals surface area contributed by atoms with Gasteiger partial charge in [0.15, 0.2) is 0 Å². The van der Waals surface area contributed by atoms with Crippen molar-refractivity contribution in [3.8, 4) is 6.07 Å². The van der Waals surface area contributed by atoms with Crippen LogP contribution in [-0.2, 0) is 13.0 Å². The Morgan fingerprint density at radius 1 is 1.22 bits per heavy atom. The Kier molecular flexibility index (Phi) is 5.22. The van der Waals surface area contributed by atoms with Crippen molar-refractivity contribution in [2.75, 3.05) is 18.0 Å². The van der Waals surface area contributed by atoms with E-state index in [4.69, 9.17) is 5.26 Å². The van der Waals surface area contributed by atoms with E-state index < -0.39 is 0 Å². The average molecular weight is 323 g/mol. The van der Waals surface area contributed by atoms with E-state index in [-0.39, 0.29) is 0 Å². The fraction of sp³-hybridized carbons (Fsp3) is 0.316. The summed E-state index contributed by atoms with van der Waals surface area (Å²) in [7, 11) is 0. The number of nitrogens with zero attached hydrogens (tertiary/aromatic N) is 2. The van der Waals surface area contributed by atoms with Crippen molar-refractivity contribution >= 4 is 17.6 Å². The number of hydrogen-bond acceptors (Lipinski definition) is 4. The predicted octanol–water partition coefficient (Wildman–Crippen LogP) is 4.13. The molecule has 0 fully saturated rings. The summed E-state index contributed by atoms with van der Waals surface area (Å²) in [6, 6.07) is 16.6. The van der Waals surface area contributed by atoms with Crippen LogP contribution < -0.4 is 9.62 Å². The van der Waals surface area contributed by atoms with E-state index in [2.05, 4.69) is 40.8 Å². The SMILES string of the molecule is CCN1CCCc2cc(CNSc3ccc(C#N)cc3)ccc21. The second-order valence-corrected chi connectivity index (χ2v) is 6.67. The van der Waals surface area contributed by atoms with Gasteiger partial charge in [-0.3, -0.25) is 4.72 Å². The van der Waals surface area contributed by atoms with Gasteiger partial charge < -0.3 is 4.90 Å². The highest BCUT2D eigenvalue weighted by atomic mass is 32.2. The highest BCUT2D eigenvalue weighted by molar-refractivity contribution is 7.97. The fourth-order valence-corrected chi connectivity index (χ4v) is 3.64. The molecule has 3 nitrogen and oxygen atoms in total. The molecule has 1 aliphatic rings. The van der Waals surface area contributed by atoms with Crippen LogP contribution >= 0.6 is 11.9 Å². The first-order valence-electron chi connectivity index (χ1n) is 8.07. The summed E-state index contributed by atoms with van der Waals surface area (Å²) < 4.78 is 3.41. The molecular weight excluding hydrogens is 302 g/mol. The molecule has 0 radical (unpaired) electrons. The van der Waals surface area contributed by atoms with Gasteiger partial charge in [0.1, 0.15) is 0 Å². The largest absolute Gasteiger partial charge is 0.372 e. The Morgan fingerprint density at radius 3 is 2.78 bits per heavy atom. The molecule has 23 heavy (non-hydrogen) atoms. The van der Waals surface area contributed by atoms with Gasteiger partial charge in [0.2, 0.25) is 0 Å². The van der Waals surface area contributed by atoms with Gasteiger partial charge in [0.25, 0.3) is 0 Å². The number of hydrogen-bond donors (Lipinski definition) is 1. The molecule has 0 aromatic heterocycles. The molecule has 0 saturated heterocycles. The van der Waals surface area contributed by atoms with Crippen LogP contribution in [0.25, 0.3) is 0 Å². The van der Waals surface area contributed by atoms with Crippen molar-refractivity contribution in [1.82, 2.24) is 4.72 Å². The standard InChI is InChI=1S/C19H21N3S/c1-2-22-11-3-4-17-12-16(7-10-19(17)22)14-21-23-18-8-5-15(13-20)6-9-18/h5-10,12,21H,2-4,11,14H2,1H3. The molecule has 0 amide bonds. The maximum atomic E-state index is 8.81. The molecule has 3 rings (SSSR count). The zero-order valence-corrected chi connectivity index (χ0v) is 14.2. The molecule has 2 aromatic carbocycles. The van der Waals surface area contributed by atoms with Crippen LogP contribution in [0.3, 0.4) is 0 Å². The summed E-state index contributed by atoms with van der Waals surface area (Å²) in [6.07, 6.45) is 2.43. The van der Waals surface area contributed by atoms with E-state index >= 15 is 0 Å². The van der Waals surface area contributed by atoms with E-state index in [1.807, 2.05) is 24.3 Å². The van der Waals surface area contributed by atoms with Gasteiger partial charge in [0.05, 0.1) is 11.6 Å². The highest BCUT2D eigenvalue weighted by Crippen LogP contribution is 2.28. The lowest BCUT2D eigenvalue weighted by molar-refractivity contribution is 0.706. The highest BCUT2D eigenvalue weighted by Gasteiger charge is 2.15. The smallest absolute Gasteiger partial charge is 0.0991 e. The summed E-state index contributed by atoms with van der Waals surface area (Å²) in [5, 5.41) is 8.81. The molecule has 0 saturated carbocycles. The Morgan fingerprint density at radius 2 is 2.04 bits per heavy atom. The topological polar surface area (TPSA) is 39.1 Å². The van der Waals surface area contributed by atoms with Crippen LogP contribution in [0.2, 0.25) is 0 Å². The van der Waals surface area contributed by atoms with Crippen LogP contribution in [-0.4, -0.2) is 13.1 Å². The van der Waals surface area contributed by atoms with Crippen LogP contribution in [0.15, 0.2) is 47.4 Å². The Balaban J connectivity index is 1.59. The van der Waals surface area contributed by atoms with Crippen molar-refractivity contribution in [2.45, 2.75) is 31.2 Å². The summed E-state index contributed by atoms with van der Waals surface area (Å²) in [6.45, 7) is 5.32. The van der Waals surface area contributed by atoms with Crippen LogP contribution in [0.5, 0.6) is 0 Å². The van der Waals surface area contributed by atoms with Crippen LogP contribution in [0.4, 0.5) is 5.69 Å². The number of aryl methyl sites for hydroxylation is 1. The zero-order valence-electron chi connectivity index (χ0n) is 13.4. The van der Waals surface area contributed by atoms with Crippen LogP contribution in [0.1, 0.15) is 30.0 Å². The minimum atomic E-state index is 0.699. The van der Waals surface area contributed by atoms with Gasteiger partial charge in [-0.1, -0.05) is 12.1 Å². The summed E-state index contributed by atoms with van der Waals surface area (Å²) in [5.74, 6) is 0. The van der Waals surface area contributed by atoms with E-state index in [1.165, 1.54) is 36.2 Å². The van der Waals surface area contributed by atoms with Gasteiger partial charge in [0, 0.05) is 30.2 Å². The molecule has 0 unspecified atom stereocenters. The summed E-state index contributed by atoms with van der Waals surface area (Å²) in [5.41, 5.74) is 4.90. The van der Waals surface area contributed by atoms with Crippen molar-refractivity contribution < 1.29 is 0 Å². The van der Waals surface area contributed by atoms with Crippen molar-refractivity contribution in [2.24, 2.45) is 0 Å². The quantitative estimate of drug-likeness (QED) is 0.840. The molecule has 0 atom stereocenters. The molecule has 118 valence electrons. The Labute approximate surface area is 142 Å². The number of nitrogens with one attached hydrogen (secondary N) is 1. The first-order chi connectivity index (χ1) is 11.3. The minimum Gasteiger partial charge on any atom is -0.372 e. The average Bonchev–Trinajstić information content (AvgIpc) is 2.61. The first-order valence-corrected chi connectivity index (χ1v) is 8.88. The molecule has 0 bridgehead atoms. The lowest BCUT2D eigenvalue weighted by Gasteiger charge is -2.30. The molecule has 0 aliphatic carbocycles. The first kappa shape index (κ1) is 15.9. The molecule has 4 heteroatoms. The van der Waals surface area contributed by atoms with Gasteiger partial charge in [-0.05, 0) is 73.2 Å². The van der Waals surface area contributed by atoms with Gasteiger partial charge in [-0.25, -0.2) is 0 Å². The Hall–Kier alpha value is -1.96. The second-order valence-electron chi connectivity index (χ2n) is 5.71. The number of fused-ring (bicyclic) bond motifs is 1. The Bertz CT molecular complexity index is 704. The van der Waals surface area contributed by atoms with Crippen LogP contribution in [0, 0.1) is 11.3 Å². The number of anilines is 1. The molecule has 0 spiro atoms.